The number of benzene rings is 1. The van der Waals surface area contributed by atoms with Gasteiger partial charge in [0.25, 0.3) is 0 Å². The topological polar surface area (TPSA) is 71.0 Å². The molecular weight excluding hydrogens is 332 g/mol. The molecule has 2 atom stereocenters. The second-order valence-corrected chi connectivity index (χ2v) is 6.52. The number of nitrogens with zero attached hydrogens (tertiary/aromatic N) is 1. The first-order valence-corrected chi connectivity index (χ1v) is 8.52. The van der Waals surface area contributed by atoms with Crippen molar-refractivity contribution in [1.82, 2.24) is 4.90 Å². The molecule has 0 spiro atoms. The van der Waals surface area contributed by atoms with Crippen LogP contribution in [0.4, 0.5) is 5.69 Å². The fourth-order valence-electron chi connectivity index (χ4n) is 2.60. The fraction of sp³-hybridized carbons (Fsp3) is 0.588. The SMILES string of the molecule is CN(CC(=O)Nc1cccc(Cl)c1)CC(O)COCC1CCCO1. The normalized spacial score (nSPS) is 18.8. The van der Waals surface area contributed by atoms with Crippen molar-refractivity contribution in [2.24, 2.45) is 0 Å². The van der Waals surface area contributed by atoms with Gasteiger partial charge in [0.2, 0.25) is 5.91 Å². The summed E-state index contributed by atoms with van der Waals surface area (Å²) in [5.74, 6) is -0.160. The van der Waals surface area contributed by atoms with Crippen molar-refractivity contribution < 1.29 is 19.4 Å². The van der Waals surface area contributed by atoms with Crippen LogP contribution in [0.2, 0.25) is 5.02 Å². The lowest BCUT2D eigenvalue weighted by Crippen LogP contribution is -2.37. The Morgan fingerprint density at radius 2 is 2.42 bits per heavy atom. The highest BCUT2D eigenvalue weighted by Gasteiger charge is 2.17. The molecule has 134 valence electrons. The molecule has 0 aliphatic carbocycles. The monoisotopic (exact) mass is 356 g/mol. The Balaban J connectivity index is 1.62. The molecular formula is C17H25ClN2O4. The van der Waals surface area contributed by atoms with Gasteiger partial charge in [-0.1, -0.05) is 17.7 Å². The smallest absolute Gasteiger partial charge is 0.238 e. The third kappa shape index (κ3) is 7.15. The largest absolute Gasteiger partial charge is 0.389 e. The maximum atomic E-state index is 12.0. The van der Waals surface area contributed by atoms with Gasteiger partial charge in [-0.25, -0.2) is 0 Å². The molecule has 7 heteroatoms. The lowest BCUT2D eigenvalue weighted by atomic mass is 10.2. The van der Waals surface area contributed by atoms with E-state index in [4.69, 9.17) is 21.1 Å². The van der Waals surface area contributed by atoms with Gasteiger partial charge in [0.15, 0.2) is 0 Å². The van der Waals surface area contributed by atoms with Crippen LogP contribution in [0.1, 0.15) is 12.8 Å². The number of likely N-dealkylation sites (N-methyl/N-ethyl adjacent to an activating group) is 1. The van der Waals surface area contributed by atoms with Crippen molar-refractivity contribution in [2.45, 2.75) is 25.0 Å². The van der Waals surface area contributed by atoms with E-state index in [9.17, 15) is 9.90 Å². The van der Waals surface area contributed by atoms with E-state index in [1.165, 1.54) is 0 Å². The number of hydrogen-bond donors (Lipinski definition) is 2. The Bertz CT molecular complexity index is 523. The zero-order valence-corrected chi connectivity index (χ0v) is 14.7. The summed E-state index contributed by atoms with van der Waals surface area (Å²) in [4.78, 5) is 13.7. The van der Waals surface area contributed by atoms with Gasteiger partial charge >= 0.3 is 0 Å². The fourth-order valence-corrected chi connectivity index (χ4v) is 2.79. The molecule has 1 amide bonds. The molecule has 2 rings (SSSR count). The lowest BCUT2D eigenvalue weighted by molar-refractivity contribution is -0.117. The van der Waals surface area contributed by atoms with Crippen LogP contribution < -0.4 is 5.32 Å². The number of anilines is 1. The van der Waals surface area contributed by atoms with E-state index in [-0.39, 0.29) is 25.2 Å². The molecule has 1 aromatic rings. The summed E-state index contributed by atoms with van der Waals surface area (Å²) in [6.07, 6.45) is 1.59. The van der Waals surface area contributed by atoms with Crippen LogP contribution >= 0.6 is 11.6 Å². The Labute approximate surface area is 147 Å². The van der Waals surface area contributed by atoms with Gasteiger partial charge in [-0.05, 0) is 38.1 Å². The second kappa shape index (κ2) is 9.96. The van der Waals surface area contributed by atoms with E-state index in [0.29, 0.717) is 23.9 Å². The number of aliphatic hydroxyl groups excluding tert-OH is 1. The highest BCUT2D eigenvalue weighted by Crippen LogP contribution is 2.15. The molecule has 2 N–H and O–H groups in total. The van der Waals surface area contributed by atoms with Crippen LogP contribution in [-0.4, -0.2) is 68.1 Å². The van der Waals surface area contributed by atoms with E-state index >= 15 is 0 Å². The van der Waals surface area contributed by atoms with Crippen molar-refractivity contribution in [3.8, 4) is 0 Å². The molecule has 0 bridgehead atoms. The van der Waals surface area contributed by atoms with Crippen molar-refractivity contribution in [2.75, 3.05) is 45.3 Å². The van der Waals surface area contributed by atoms with Gasteiger partial charge in [-0.3, -0.25) is 9.69 Å². The molecule has 1 aromatic carbocycles. The van der Waals surface area contributed by atoms with E-state index in [0.717, 1.165) is 19.4 Å². The first-order valence-electron chi connectivity index (χ1n) is 8.14. The van der Waals surface area contributed by atoms with Crippen LogP contribution in [0.15, 0.2) is 24.3 Å². The third-order valence-electron chi connectivity index (χ3n) is 3.68. The number of carbonyl (C=O) groups is 1. The maximum absolute atomic E-state index is 12.0. The number of carbonyl (C=O) groups excluding carboxylic acids is 1. The Hall–Kier alpha value is -1.18. The first kappa shape index (κ1) is 19.1. The summed E-state index contributed by atoms with van der Waals surface area (Å²) in [6.45, 7) is 2.07. The average molecular weight is 357 g/mol. The standard InChI is InChI=1S/C17H25ClN2O4/c1-20(9-15(21)11-23-12-16-6-3-7-24-16)10-17(22)19-14-5-2-4-13(18)8-14/h2,4-5,8,15-16,21H,3,6-7,9-12H2,1H3,(H,19,22). The van der Waals surface area contributed by atoms with E-state index in [2.05, 4.69) is 5.32 Å². The molecule has 1 saturated heterocycles. The van der Waals surface area contributed by atoms with Gasteiger partial charge in [0, 0.05) is 23.9 Å². The summed E-state index contributed by atoms with van der Waals surface area (Å²) in [5.41, 5.74) is 0.654. The molecule has 1 fully saturated rings. The van der Waals surface area contributed by atoms with Crippen LogP contribution in [0, 0.1) is 0 Å². The zero-order valence-electron chi connectivity index (χ0n) is 13.9. The van der Waals surface area contributed by atoms with Gasteiger partial charge in [0.05, 0.1) is 32.0 Å². The van der Waals surface area contributed by atoms with E-state index in [1.807, 2.05) is 0 Å². The predicted octanol–water partition coefficient (Wildman–Crippen LogP) is 1.77. The van der Waals surface area contributed by atoms with Gasteiger partial charge < -0.3 is 19.9 Å². The second-order valence-electron chi connectivity index (χ2n) is 6.08. The lowest BCUT2D eigenvalue weighted by Gasteiger charge is -2.20. The number of ether oxygens (including phenoxy) is 2. The molecule has 24 heavy (non-hydrogen) atoms. The maximum Gasteiger partial charge on any atom is 0.238 e. The number of nitrogens with one attached hydrogen (secondary N) is 1. The highest BCUT2D eigenvalue weighted by atomic mass is 35.5. The summed E-state index contributed by atoms with van der Waals surface area (Å²) in [7, 11) is 1.78. The summed E-state index contributed by atoms with van der Waals surface area (Å²) >= 11 is 5.88. The number of aliphatic hydroxyl groups is 1. The first-order chi connectivity index (χ1) is 11.5. The van der Waals surface area contributed by atoms with Crippen molar-refractivity contribution in [1.29, 1.82) is 0 Å². The summed E-state index contributed by atoms with van der Waals surface area (Å²) < 4.78 is 10.9. The summed E-state index contributed by atoms with van der Waals surface area (Å²) in [6, 6.07) is 6.98. The number of halogens is 1. The highest BCUT2D eigenvalue weighted by molar-refractivity contribution is 6.30. The molecule has 0 aromatic heterocycles. The average Bonchev–Trinajstić information content (AvgIpc) is 3.00. The number of rotatable bonds is 9. The molecule has 0 saturated carbocycles. The van der Waals surface area contributed by atoms with Gasteiger partial charge in [-0.2, -0.15) is 0 Å². The minimum absolute atomic E-state index is 0.151. The molecule has 6 nitrogen and oxygen atoms in total. The van der Waals surface area contributed by atoms with Crippen LogP contribution in [0.3, 0.4) is 0 Å². The minimum Gasteiger partial charge on any atom is -0.389 e. The minimum atomic E-state index is -0.643. The van der Waals surface area contributed by atoms with Crippen molar-refractivity contribution >= 4 is 23.2 Å². The zero-order chi connectivity index (χ0) is 17.4. The number of hydrogen-bond acceptors (Lipinski definition) is 5. The molecule has 2 unspecified atom stereocenters. The van der Waals surface area contributed by atoms with E-state index in [1.54, 1.807) is 36.2 Å². The van der Waals surface area contributed by atoms with Gasteiger partial charge in [-0.15, -0.1) is 0 Å². The van der Waals surface area contributed by atoms with Crippen LogP contribution in [0.25, 0.3) is 0 Å². The number of amides is 1. The Kier molecular flexibility index (Phi) is 7.94. The van der Waals surface area contributed by atoms with Crippen molar-refractivity contribution in [3.63, 3.8) is 0 Å². The molecule has 1 aliphatic rings. The third-order valence-corrected chi connectivity index (χ3v) is 3.92. The Morgan fingerprint density at radius 1 is 1.58 bits per heavy atom. The predicted molar refractivity (Wildman–Crippen MR) is 93.4 cm³/mol. The summed E-state index contributed by atoms with van der Waals surface area (Å²) in [5, 5.41) is 13.3. The molecule has 0 radical (unpaired) electrons. The van der Waals surface area contributed by atoms with Gasteiger partial charge in [0.1, 0.15) is 0 Å². The van der Waals surface area contributed by atoms with E-state index < -0.39 is 6.10 Å². The Morgan fingerprint density at radius 3 is 3.12 bits per heavy atom. The van der Waals surface area contributed by atoms with Crippen LogP contribution in [-0.2, 0) is 14.3 Å². The molecule has 1 heterocycles. The molecule has 1 aliphatic heterocycles. The quantitative estimate of drug-likeness (QED) is 0.705. The van der Waals surface area contributed by atoms with Crippen LogP contribution in [0.5, 0.6) is 0 Å². The van der Waals surface area contributed by atoms with Crippen molar-refractivity contribution in [3.05, 3.63) is 29.3 Å².